The van der Waals surface area contributed by atoms with Crippen molar-refractivity contribution >= 4 is 0 Å². The summed E-state index contributed by atoms with van der Waals surface area (Å²) in [5.74, 6) is 0. The van der Waals surface area contributed by atoms with Crippen molar-refractivity contribution in [1.82, 2.24) is 10.6 Å². The second kappa shape index (κ2) is 8.54. The number of hydrogen-bond donors (Lipinski definition) is 2. The summed E-state index contributed by atoms with van der Waals surface area (Å²) in [7, 11) is 0. The van der Waals surface area contributed by atoms with Crippen molar-refractivity contribution in [2.45, 2.75) is 45.1 Å². The fraction of sp³-hybridized carbons (Fsp3) is 0.714. The Kier molecular flexibility index (Phi) is 7.19. The molecule has 92 valence electrons. The van der Waals surface area contributed by atoms with E-state index >= 15 is 0 Å². The van der Waals surface area contributed by atoms with E-state index in [1.54, 1.807) is 0 Å². The van der Waals surface area contributed by atoms with Gasteiger partial charge in [0.15, 0.2) is 0 Å². The van der Waals surface area contributed by atoms with E-state index in [-0.39, 0.29) is 0 Å². The van der Waals surface area contributed by atoms with Gasteiger partial charge in [0, 0.05) is 12.6 Å². The highest BCUT2D eigenvalue weighted by Crippen LogP contribution is 2.13. The lowest BCUT2D eigenvalue weighted by Crippen LogP contribution is -2.28. The summed E-state index contributed by atoms with van der Waals surface area (Å²) < 4.78 is 0. The Labute approximate surface area is 100 Å². The van der Waals surface area contributed by atoms with Crippen molar-refractivity contribution in [2.75, 3.05) is 19.6 Å². The Morgan fingerprint density at radius 2 is 2.31 bits per heavy atom. The molecule has 0 saturated carbocycles. The maximum absolute atomic E-state index is 4.18. The van der Waals surface area contributed by atoms with Gasteiger partial charge in [-0.15, -0.1) is 0 Å². The van der Waals surface area contributed by atoms with Crippen molar-refractivity contribution < 1.29 is 0 Å². The van der Waals surface area contributed by atoms with E-state index in [1.165, 1.54) is 24.8 Å². The highest BCUT2D eigenvalue weighted by Gasteiger charge is 2.09. The predicted molar refractivity (Wildman–Crippen MR) is 71.7 cm³/mol. The molecule has 0 aromatic carbocycles. The average Bonchev–Trinajstić information content (AvgIpc) is 2.53. The molecular weight excluding hydrogens is 196 g/mol. The summed E-state index contributed by atoms with van der Waals surface area (Å²) in [4.78, 5) is 0. The molecule has 2 nitrogen and oxygen atoms in total. The third-order valence-corrected chi connectivity index (χ3v) is 2.99. The van der Waals surface area contributed by atoms with E-state index in [1.807, 2.05) is 0 Å². The van der Waals surface area contributed by atoms with Crippen LogP contribution in [0.4, 0.5) is 0 Å². The lowest BCUT2D eigenvalue weighted by molar-refractivity contribution is 0.505. The summed E-state index contributed by atoms with van der Waals surface area (Å²) >= 11 is 0. The van der Waals surface area contributed by atoms with Gasteiger partial charge in [-0.25, -0.2) is 0 Å². The maximum Gasteiger partial charge on any atom is 0.0137 e. The molecule has 0 aliphatic carbocycles. The third-order valence-electron chi connectivity index (χ3n) is 2.99. The Hall–Kier alpha value is -0.600. The summed E-state index contributed by atoms with van der Waals surface area (Å²) in [5.41, 5.74) is 1.38. The Bertz CT molecular complexity index is 211. The second-order valence-electron chi connectivity index (χ2n) is 4.61. The number of rotatable bonds is 7. The van der Waals surface area contributed by atoms with E-state index in [9.17, 15) is 0 Å². The first-order valence-corrected chi connectivity index (χ1v) is 6.58. The molecule has 0 fully saturated rings. The van der Waals surface area contributed by atoms with Crippen LogP contribution >= 0.6 is 0 Å². The lowest BCUT2D eigenvalue weighted by atomic mass is 10.0. The number of nitrogens with one attached hydrogen (secondary N) is 2. The minimum absolute atomic E-state index is 0.633. The summed E-state index contributed by atoms with van der Waals surface area (Å²) in [5, 5.41) is 6.97. The molecule has 0 spiro atoms. The van der Waals surface area contributed by atoms with Gasteiger partial charge in [-0.05, 0) is 45.2 Å². The van der Waals surface area contributed by atoms with E-state index in [0.717, 1.165) is 32.5 Å². The molecule has 0 radical (unpaired) electrons. The van der Waals surface area contributed by atoms with Gasteiger partial charge in [0.05, 0.1) is 0 Å². The summed E-state index contributed by atoms with van der Waals surface area (Å²) in [6, 6.07) is 0.633. The van der Waals surface area contributed by atoms with Crippen LogP contribution in [-0.2, 0) is 0 Å². The largest absolute Gasteiger partial charge is 0.316 e. The van der Waals surface area contributed by atoms with Crippen LogP contribution in [-0.4, -0.2) is 25.7 Å². The predicted octanol–water partition coefficient (Wildman–Crippen LogP) is 2.63. The van der Waals surface area contributed by atoms with Crippen LogP contribution in [0.5, 0.6) is 0 Å². The van der Waals surface area contributed by atoms with Crippen molar-refractivity contribution in [2.24, 2.45) is 0 Å². The molecule has 1 atom stereocenters. The van der Waals surface area contributed by atoms with Gasteiger partial charge in [-0.2, -0.15) is 0 Å². The first-order valence-electron chi connectivity index (χ1n) is 6.58. The van der Waals surface area contributed by atoms with Crippen molar-refractivity contribution in [1.29, 1.82) is 0 Å². The van der Waals surface area contributed by atoms with Crippen molar-refractivity contribution in [3.63, 3.8) is 0 Å². The SMILES string of the molecule is C=C(CCNCCC)CC1CCC=CCN1. The van der Waals surface area contributed by atoms with E-state index in [0.29, 0.717) is 6.04 Å². The van der Waals surface area contributed by atoms with E-state index < -0.39 is 0 Å². The molecule has 1 heterocycles. The van der Waals surface area contributed by atoms with Crippen LogP contribution in [0.2, 0.25) is 0 Å². The topological polar surface area (TPSA) is 24.1 Å². The Morgan fingerprint density at radius 3 is 3.12 bits per heavy atom. The molecule has 0 aromatic rings. The molecule has 0 saturated heterocycles. The normalized spacial score (nSPS) is 20.7. The van der Waals surface area contributed by atoms with E-state index in [4.69, 9.17) is 0 Å². The molecule has 16 heavy (non-hydrogen) atoms. The average molecular weight is 222 g/mol. The fourth-order valence-electron chi connectivity index (χ4n) is 2.03. The third kappa shape index (κ3) is 6.09. The highest BCUT2D eigenvalue weighted by atomic mass is 14.9. The minimum atomic E-state index is 0.633. The molecule has 1 aliphatic rings. The maximum atomic E-state index is 4.18. The molecule has 1 rings (SSSR count). The molecular formula is C14H26N2. The molecule has 0 aromatic heterocycles. The van der Waals surface area contributed by atoms with Crippen LogP contribution in [0.3, 0.4) is 0 Å². The lowest BCUT2D eigenvalue weighted by Gasteiger charge is -2.17. The molecule has 0 bridgehead atoms. The molecule has 2 heteroatoms. The minimum Gasteiger partial charge on any atom is -0.316 e. The van der Waals surface area contributed by atoms with Gasteiger partial charge < -0.3 is 10.6 Å². The van der Waals surface area contributed by atoms with Crippen molar-refractivity contribution in [3.05, 3.63) is 24.3 Å². The Morgan fingerprint density at radius 1 is 1.44 bits per heavy atom. The monoisotopic (exact) mass is 222 g/mol. The first kappa shape index (κ1) is 13.5. The van der Waals surface area contributed by atoms with Gasteiger partial charge in [-0.3, -0.25) is 0 Å². The second-order valence-corrected chi connectivity index (χ2v) is 4.61. The van der Waals surface area contributed by atoms with Crippen LogP contribution in [0.1, 0.15) is 39.0 Å². The molecule has 1 aliphatic heterocycles. The van der Waals surface area contributed by atoms with Crippen LogP contribution in [0, 0.1) is 0 Å². The first-order chi connectivity index (χ1) is 7.83. The zero-order valence-electron chi connectivity index (χ0n) is 10.6. The number of hydrogen-bond acceptors (Lipinski definition) is 2. The summed E-state index contributed by atoms with van der Waals surface area (Å²) in [6.07, 6.45) is 10.4. The summed E-state index contributed by atoms with van der Waals surface area (Å²) in [6.45, 7) is 9.60. The fourth-order valence-corrected chi connectivity index (χ4v) is 2.03. The molecule has 0 amide bonds. The van der Waals surface area contributed by atoms with Crippen molar-refractivity contribution in [3.8, 4) is 0 Å². The van der Waals surface area contributed by atoms with Crippen LogP contribution < -0.4 is 10.6 Å². The zero-order valence-corrected chi connectivity index (χ0v) is 10.6. The zero-order chi connectivity index (χ0) is 11.6. The Balaban J connectivity index is 2.08. The smallest absolute Gasteiger partial charge is 0.0137 e. The standard InChI is InChI=1S/C14H26N2/c1-3-9-15-11-8-13(2)12-14-7-5-4-6-10-16-14/h4,6,14-16H,2-3,5,7-12H2,1H3. The van der Waals surface area contributed by atoms with E-state index in [2.05, 4.69) is 36.3 Å². The molecule has 2 N–H and O–H groups in total. The number of allylic oxidation sites excluding steroid dienone is 1. The van der Waals surface area contributed by atoms with Crippen LogP contribution in [0.15, 0.2) is 24.3 Å². The van der Waals surface area contributed by atoms with Gasteiger partial charge in [0.2, 0.25) is 0 Å². The quantitative estimate of drug-likeness (QED) is 0.511. The van der Waals surface area contributed by atoms with Crippen LogP contribution in [0.25, 0.3) is 0 Å². The highest BCUT2D eigenvalue weighted by molar-refractivity contribution is 5.00. The van der Waals surface area contributed by atoms with Gasteiger partial charge >= 0.3 is 0 Å². The molecule has 1 unspecified atom stereocenters. The van der Waals surface area contributed by atoms with Gasteiger partial charge in [0.1, 0.15) is 0 Å². The van der Waals surface area contributed by atoms with Gasteiger partial charge in [-0.1, -0.05) is 31.2 Å². The van der Waals surface area contributed by atoms with Gasteiger partial charge in [0.25, 0.3) is 0 Å².